The Balaban J connectivity index is 1.18. The SMILES string of the molecule is S=C(NCc1ccc2c(c1)OCCO2)Nc1nc(N2CCCCCC2)cc(N2Cc3ccccc3C2)n1. The van der Waals surface area contributed by atoms with Gasteiger partial charge in [-0.05, 0) is 53.9 Å². The zero-order valence-electron chi connectivity index (χ0n) is 20.9. The zero-order chi connectivity index (χ0) is 25.0. The van der Waals surface area contributed by atoms with Crippen LogP contribution in [0.1, 0.15) is 42.4 Å². The first-order valence-corrected chi connectivity index (χ1v) is 13.5. The molecule has 0 atom stereocenters. The number of benzene rings is 2. The third-order valence-electron chi connectivity index (χ3n) is 7.08. The van der Waals surface area contributed by atoms with Gasteiger partial charge in [-0.3, -0.25) is 0 Å². The molecule has 1 aromatic heterocycles. The van der Waals surface area contributed by atoms with E-state index in [0.29, 0.717) is 30.8 Å². The zero-order valence-corrected chi connectivity index (χ0v) is 21.7. The quantitative estimate of drug-likeness (QED) is 0.472. The van der Waals surface area contributed by atoms with E-state index in [1.165, 1.54) is 36.8 Å². The Morgan fingerprint density at radius 3 is 2.22 bits per heavy atom. The number of anilines is 3. The van der Waals surface area contributed by atoms with Crippen LogP contribution in [0.5, 0.6) is 11.5 Å². The maximum absolute atomic E-state index is 5.70. The maximum Gasteiger partial charge on any atom is 0.232 e. The molecule has 4 heterocycles. The van der Waals surface area contributed by atoms with Gasteiger partial charge < -0.3 is 29.9 Å². The fourth-order valence-corrected chi connectivity index (χ4v) is 5.29. The number of aromatic nitrogens is 2. The van der Waals surface area contributed by atoms with Crippen molar-refractivity contribution in [3.05, 3.63) is 65.2 Å². The standard InChI is InChI=1S/C28H32N6O2S/c37-28(29-17-20-9-10-23-24(15-20)36-14-13-35-23)32-27-30-25(33-11-5-1-2-6-12-33)16-26(31-27)34-18-21-7-3-4-8-22(21)19-34/h3-4,7-10,15-16H,1-2,5-6,11-14,17-19H2,(H2,29,30,31,32,37). The van der Waals surface area contributed by atoms with E-state index < -0.39 is 0 Å². The third-order valence-corrected chi connectivity index (χ3v) is 7.33. The molecule has 9 heteroatoms. The Morgan fingerprint density at radius 1 is 0.811 bits per heavy atom. The summed E-state index contributed by atoms with van der Waals surface area (Å²) in [5.41, 5.74) is 3.76. The van der Waals surface area contributed by atoms with Crippen LogP contribution in [-0.2, 0) is 19.6 Å². The highest BCUT2D eigenvalue weighted by Crippen LogP contribution is 2.32. The van der Waals surface area contributed by atoms with Crippen molar-refractivity contribution in [3.8, 4) is 11.5 Å². The number of hydrogen-bond donors (Lipinski definition) is 2. The molecular weight excluding hydrogens is 484 g/mol. The van der Waals surface area contributed by atoms with E-state index in [0.717, 1.165) is 54.9 Å². The minimum absolute atomic E-state index is 0.485. The topological polar surface area (TPSA) is 74.8 Å². The molecule has 37 heavy (non-hydrogen) atoms. The van der Waals surface area contributed by atoms with Gasteiger partial charge in [0.05, 0.1) is 0 Å². The average molecular weight is 517 g/mol. The van der Waals surface area contributed by atoms with Crippen molar-refractivity contribution in [1.29, 1.82) is 0 Å². The first-order valence-electron chi connectivity index (χ1n) is 13.1. The van der Waals surface area contributed by atoms with Crippen LogP contribution in [0.15, 0.2) is 48.5 Å². The lowest BCUT2D eigenvalue weighted by molar-refractivity contribution is 0.171. The molecule has 0 spiro atoms. The van der Waals surface area contributed by atoms with Gasteiger partial charge in [0.15, 0.2) is 16.6 Å². The number of nitrogens with one attached hydrogen (secondary N) is 2. The van der Waals surface area contributed by atoms with E-state index in [1.807, 2.05) is 18.2 Å². The van der Waals surface area contributed by atoms with Crippen LogP contribution in [0.25, 0.3) is 0 Å². The summed E-state index contributed by atoms with van der Waals surface area (Å²) in [5.74, 6) is 3.95. The highest BCUT2D eigenvalue weighted by molar-refractivity contribution is 7.80. The molecule has 3 aromatic rings. The van der Waals surface area contributed by atoms with Gasteiger partial charge in [0.1, 0.15) is 24.8 Å². The minimum Gasteiger partial charge on any atom is -0.486 e. The van der Waals surface area contributed by atoms with Gasteiger partial charge in [0.2, 0.25) is 5.95 Å². The van der Waals surface area contributed by atoms with E-state index >= 15 is 0 Å². The first-order chi connectivity index (χ1) is 18.2. The predicted octanol–water partition coefficient (Wildman–Crippen LogP) is 4.64. The Morgan fingerprint density at radius 2 is 1.49 bits per heavy atom. The van der Waals surface area contributed by atoms with Crippen molar-refractivity contribution in [2.24, 2.45) is 0 Å². The third kappa shape index (κ3) is 5.56. The fourth-order valence-electron chi connectivity index (χ4n) is 5.12. The normalized spacial score (nSPS) is 16.6. The van der Waals surface area contributed by atoms with Crippen molar-refractivity contribution in [2.45, 2.75) is 45.3 Å². The van der Waals surface area contributed by atoms with Gasteiger partial charge >= 0.3 is 0 Å². The monoisotopic (exact) mass is 516 g/mol. The number of rotatable bonds is 5. The number of thiocarbonyl (C=S) groups is 1. The second-order valence-electron chi connectivity index (χ2n) is 9.72. The summed E-state index contributed by atoms with van der Waals surface area (Å²) in [7, 11) is 0. The summed E-state index contributed by atoms with van der Waals surface area (Å²) >= 11 is 5.63. The molecule has 192 valence electrons. The summed E-state index contributed by atoms with van der Waals surface area (Å²) in [6.07, 6.45) is 4.92. The Labute approximate surface area is 223 Å². The van der Waals surface area contributed by atoms with Gasteiger partial charge in [-0.15, -0.1) is 0 Å². The molecule has 0 amide bonds. The number of fused-ring (bicyclic) bond motifs is 2. The van der Waals surface area contributed by atoms with Gasteiger partial charge in [-0.25, -0.2) is 0 Å². The Bertz CT molecular complexity index is 1250. The van der Waals surface area contributed by atoms with Gasteiger partial charge in [0.25, 0.3) is 0 Å². The molecule has 3 aliphatic heterocycles. The molecule has 2 aromatic carbocycles. The second-order valence-corrected chi connectivity index (χ2v) is 10.1. The number of nitrogens with zero attached hydrogens (tertiary/aromatic N) is 4. The van der Waals surface area contributed by atoms with Crippen LogP contribution in [0.3, 0.4) is 0 Å². The molecule has 8 nitrogen and oxygen atoms in total. The molecule has 1 fully saturated rings. The van der Waals surface area contributed by atoms with Crippen molar-refractivity contribution in [2.75, 3.05) is 41.4 Å². The summed E-state index contributed by atoms with van der Waals surface area (Å²) in [6, 6.07) is 16.7. The number of hydrogen-bond acceptors (Lipinski definition) is 7. The van der Waals surface area contributed by atoms with E-state index in [9.17, 15) is 0 Å². The summed E-state index contributed by atoms with van der Waals surface area (Å²) in [4.78, 5) is 14.5. The van der Waals surface area contributed by atoms with E-state index in [2.05, 4.69) is 50.8 Å². The highest BCUT2D eigenvalue weighted by Gasteiger charge is 2.23. The molecule has 1 saturated heterocycles. The van der Waals surface area contributed by atoms with E-state index in [1.54, 1.807) is 0 Å². The Hall–Kier alpha value is -3.59. The van der Waals surface area contributed by atoms with Crippen molar-refractivity contribution >= 4 is 34.9 Å². The molecule has 3 aliphatic rings. The summed E-state index contributed by atoms with van der Waals surface area (Å²) in [6.45, 7) is 5.44. The first kappa shape index (κ1) is 23.8. The van der Waals surface area contributed by atoms with Crippen molar-refractivity contribution in [1.82, 2.24) is 15.3 Å². The lowest BCUT2D eigenvalue weighted by atomic mass is 10.1. The van der Waals surface area contributed by atoms with Crippen LogP contribution in [-0.4, -0.2) is 41.4 Å². The minimum atomic E-state index is 0.485. The van der Waals surface area contributed by atoms with Crippen LogP contribution in [0.4, 0.5) is 17.6 Å². The van der Waals surface area contributed by atoms with Crippen molar-refractivity contribution in [3.63, 3.8) is 0 Å². The molecule has 0 radical (unpaired) electrons. The van der Waals surface area contributed by atoms with Crippen LogP contribution in [0.2, 0.25) is 0 Å². The molecule has 2 N–H and O–H groups in total. The predicted molar refractivity (Wildman–Crippen MR) is 150 cm³/mol. The largest absolute Gasteiger partial charge is 0.486 e. The highest BCUT2D eigenvalue weighted by atomic mass is 32.1. The molecule has 0 saturated carbocycles. The van der Waals surface area contributed by atoms with Gasteiger partial charge in [0, 0.05) is 38.8 Å². The van der Waals surface area contributed by atoms with Gasteiger partial charge in [-0.1, -0.05) is 43.2 Å². The molecular formula is C28H32N6O2S. The van der Waals surface area contributed by atoms with E-state index in [4.69, 9.17) is 31.7 Å². The Kier molecular flexibility index (Phi) is 6.94. The lowest BCUT2D eigenvalue weighted by Gasteiger charge is -2.25. The smallest absolute Gasteiger partial charge is 0.232 e. The van der Waals surface area contributed by atoms with Crippen molar-refractivity contribution < 1.29 is 9.47 Å². The lowest BCUT2D eigenvalue weighted by Crippen LogP contribution is -2.30. The maximum atomic E-state index is 5.70. The number of ether oxygens (including phenoxy) is 2. The molecule has 0 bridgehead atoms. The van der Waals surface area contributed by atoms with Crippen LogP contribution < -0.4 is 29.9 Å². The molecule has 0 unspecified atom stereocenters. The summed E-state index contributed by atoms with van der Waals surface area (Å²) < 4.78 is 11.3. The van der Waals surface area contributed by atoms with E-state index in [-0.39, 0.29) is 0 Å². The molecule has 0 aliphatic carbocycles. The average Bonchev–Trinajstić information content (AvgIpc) is 3.18. The molecule has 6 rings (SSSR count). The summed E-state index contributed by atoms with van der Waals surface area (Å²) in [5, 5.41) is 7.01. The van der Waals surface area contributed by atoms with Crippen LogP contribution >= 0.6 is 12.2 Å². The van der Waals surface area contributed by atoms with Gasteiger partial charge in [-0.2, -0.15) is 9.97 Å². The van der Waals surface area contributed by atoms with Crippen LogP contribution in [0, 0.1) is 0 Å². The fraction of sp³-hybridized carbons (Fsp3) is 0.393. The second kappa shape index (κ2) is 10.8.